The standard InChI is InChI=1S/C29H50N2O8Si2/c1-13-15-29(31-16-14-23(32)30-27(31)34)25(36-26(33)28(10,11)12)24-22(37-29)17-35-40(18(2)3,19(4)5)39-41(38-24,20(6)7)21(8)9/h13-14,16,18-22,24-25H,1,15,17H2,2-12H3,(H,30,32,34)/t22-,24-,25+,29-/m1/s1. The van der Waals surface area contributed by atoms with Crippen molar-refractivity contribution in [1.82, 2.24) is 9.55 Å². The van der Waals surface area contributed by atoms with Crippen molar-refractivity contribution in [2.24, 2.45) is 5.41 Å². The first kappa shape index (κ1) is 33.7. The highest BCUT2D eigenvalue weighted by Gasteiger charge is 2.66. The fourth-order valence-corrected chi connectivity index (χ4v) is 17.3. The van der Waals surface area contributed by atoms with Crippen molar-refractivity contribution in [2.75, 3.05) is 6.61 Å². The Kier molecular flexibility index (Phi) is 9.89. The van der Waals surface area contributed by atoms with Gasteiger partial charge in [-0.15, -0.1) is 6.58 Å². The molecule has 1 aromatic rings. The fourth-order valence-electron chi connectivity index (χ4n) is 6.08. The van der Waals surface area contributed by atoms with Crippen LogP contribution in [0.4, 0.5) is 0 Å². The zero-order valence-corrected chi connectivity index (χ0v) is 28.6. The van der Waals surface area contributed by atoms with Crippen LogP contribution in [0.2, 0.25) is 22.2 Å². The predicted molar refractivity (Wildman–Crippen MR) is 162 cm³/mol. The highest BCUT2D eigenvalue weighted by atomic mass is 28.5. The second-order valence-electron chi connectivity index (χ2n) is 13.6. The Labute approximate surface area is 246 Å². The third-order valence-electron chi connectivity index (χ3n) is 8.31. The Morgan fingerprint density at radius 2 is 1.66 bits per heavy atom. The summed E-state index contributed by atoms with van der Waals surface area (Å²) in [5.41, 5.74) is -3.31. The van der Waals surface area contributed by atoms with Crippen LogP contribution in [0.25, 0.3) is 0 Å². The number of rotatable bonds is 8. The molecule has 0 unspecified atom stereocenters. The van der Waals surface area contributed by atoms with Crippen molar-refractivity contribution in [3.63, 3.8) is 0 Å². The van der Waals surface area contributed by atoms with Crippen molar-refractivity contribution in [3.05, 3.63) is 45.8 Å². The van der Waals surface area contributed by atoms with Crippen molar-refractivity contribution >= 4 is 23.1 Å². The number of nitrogens with zero attached hydrogens (tertiary/aromatic N) is 1. The van der Waals surface area contributed by atoms with Crippen LogP contribution in [0.5, 0.6) is 0 Å². The second-order valence-corrected chi connectivity index (χ2v) is 22.5. The number of aromatic nitrogens is 2. The number of aromatic amines is 1. The molecule has 3 rings (SSSR count). The SMILES string of the molecule is C=CC[C@@]1(n2ccc(=O)[nH]c2=O)O[C@@H]2CO[Si](C(C)C)(C(C)C)O[Si](C(C)C)(C(C)C)O[C@H]2[C@@H]1OC(=O)C(C)(C)C. The number of hydrogen-bond acceptors (Lipinski definition) is 8. The minimum Gasteiger partial charge on any atom is -0.454 e. The lowest BCUT2D eigenvalue weighted by molar-refractivity contribution is -0.187. The molecule has 12 heteroatoms. The highest BCUT2D eigenvalue weighted by molar-refractivity contribution is 6.84. The van der Waals surface area contributed by atoms with Gasteiger partial charge >= 0.3 is 28.8 Å². The summed E-state index contributed by atoms with van der Waals surface area (Å²) in [6, 6.07) is 1.25. The minimum absolute atomic E-state index is 0.0263. The summed E-state index contributed by atoms with van der Waals surface area (Å²) in [5, 5.41) is 0. The third-order valence-corrected chi connectivity index (χ3v) is 18.6. The number of H-pyrrole nitrogens is 1. The Bertz CT molecular complexity index is 1200. The minimum atomic E-state index is -3.12. The lowest BCUT2D eigenvalue weighted by atomic mass is 9.95. The first-order chi connectivity index (χ1) is 18.9. The van der Waals surface area contributed by atoms with E-state index in [4.69, 9.17) is 22.4 Å². The highest BCUT2D eigenvalue weighted by Crippen LogP contribution is 2.50. The summed E-state index contributed by atoms with van der Waals surface area (Å²) in [4.78, 5) is 41.1. The lowest BCUT2D eigenvalue weighted by Gasteiger charge is -2.51. The van der Waals surface area contributed by atoms with Crippen LogP contribution in [0.1, 0.15) is 82.6 Å². The van der Waals surface area contributed by atoms with E-state index >= 15 is 0 Å². The van der Waals surface area contributed by atoms with E-state index in [1.165, 1.54) is 16.8 Å². The maximum absolute atomic E-state index is 13.5. The number of ether oxygens (including phenoxy) is 2. The van der Waals surface area contributed by atoms with E-state index in [0.717, 1.165) is 0 Å². The molecule has 232 valence electrons. The zero-order valence-electron chi connectivity index (χ0n) is 26.6. The van der Waals surface area contributed by atoms with E-state index in [1.807, 2.05) is 0 Å². The van der Waals surface area contributed by atoms with Crippen LogP contribution in [0.3, 0.4) is 0 Å². The molecule has 2 aliphatic rings. The number of esters is 1. The first-order valence-corrected chi connectivity index (χ1v) is 18.7. The van der Waals surface area contributed by atoms with Crippen LogP contribution >= 0.6 is 0 Å². The molecule has 2 saturated heterocycles. The van der Waals surface area contributed by atoms with Gasteiger partial charge in [-0.05, 0) is 42.9 Å². The Morgan fingerprint density at radius 3 is 2.12 bits per heavy atom. The predicted octanol–water partition coefficient (Wildman–Crippen LogP) is 5.08. The Morgan fingerprint density at radius 1 is 1.10 bits per heavy atom. The second kappa shape index (κ2) is 12.0. The summed E-state index contributed by atoms with van der Waals surface area (Å²) in [7, 11) is -5.99. The van der Waals surface area contributed by atoms with Gasteiger partial charge in [0.05, 0.1) is 12.0 Å². The number of carbonyl (C=O) groups is 1. The molecule has 0 saturated carbocycles. The van der Waals surface area contributed by atoms with E-state index in [-0.39, 0.29) is 35.2 Å². The van der Waals surface area contributed by atoms with Gasteiger partial charge in [0, 0.05) is 18.7 Å². The molecule has 2 fully saturated rings. The zero-order chi connectivity index (χ0) is 31.1. The quantitative estimate of drug-likeness (QED) is 0.246. The lowest BCUT2D eigenvalue weighted by Crippen LogP contribution is -2.66. The number of hydrogen-bond donors (Lipinski definition) is 1. The molecule has 2 aliphatic heterocycles. The molecule has 1 aromatic heterocycles. The van der Waals surface area contributed by atoms with Crippen molar-refractivity contribution in [2.45, 2.75) is 129 Å². The van der Waals surface area contributed by atoms with Gasteiger partial charge in [0.1, 0.15) is 12.2 Å². The van der Waals surface area contributed by atoms with Crippen molar-refractivity contribution in [1.29, 1.82) is 0 Å². The average molecular weight is 611 g/mol. The summed E-state index contributed by atoms with van der Waals surface area (Å²) in [5.74, 6) is -0.473. The van der Waals surface area contributed by atoms with E-state index in [9.17, 15) is 14.4 Å². The molecule has 0 bridgehead atoms. The maximum atomic E-state index is 13.5. The Balaban J connectivity index is 2.33. The maximum Gasteiger partial charge on any atom is 0.335 e. The summed E-state index contributed by atoms with van der Waals surface area (Å²) < 4.78 is 35.8. The van der Waals surface area contributed by atoms with Gasteiger partial charge in [-0.25, -0.2) is 4.79 Å². The van der Waals surface area contributed by atoms with Crippen LogP contribution in [0, 0.1) is 5.41 Å². The molecule has 3 heterocycles. The van der Waals surface area contributed by atoms with E-state index in [0.29, 0.717) is 0 Å². The van der Waals surface area contributed by atoms with Gasteiger partial charge in [-0.1, -0.05) is 61.5 Å². The van der Waals surface area contributed by atoms with Gasteiger partial charge in [0.15, 0.2) is 11.8 Å². The number of fused-ring (bicyclic) bond motifs is 1. The van der Waals surface area contributed by atoms with Crippen molar-refractivity contribution < 1.29 is 27.2 Å². The summed E-state index contributed by atoms with van der Waals surface area (Å²) in [6.45, 7) is 26.3. The Hall–Kier alpha value is -1.84. The van der Waals surface area contributed by atoms with E-state index < -0.39 is 63.8 Å². The molecule has 0 amide bonds. The molecule has 0 aliphatic carbocycles. The van der Waals surface area contributed by atoms with Crippen molar-refractivity contribution in [3.8, 4) is 0 Å². The van der Waals surface area contributed by atoms with Gasteiger partial charge in [-0.3, -0.25) is 19.1 Å². The van der Waals surface area contributed by atoms with E-state index in [2.05, 4.69) is 67.0 Å². The average Bonchev–Trinajstić information content (AvgIpc) is 3.10. The molecule has 4 atom stereocenters. The molecule has 0 aromatic carbocycles. The molecular formula is C29H50N2O8Si2. The van der Waals surface area contributed by atoms with Crippen LogP contribution in [0.15, 0.2) is 34.5 Å². The van der Waals surface area contributed by atoms with Crippen LogP contribution < -0.4 is 11.2 Å². The summed E-state index contributed by atoms with van der Waals surface area (Å²) >= 11 is 0. The normalized spacial score (nSPS) is 28.0. The molecule has 0 spiro atoms. The smallest absolute Gasteiger partial charge is 0.335 e. The van der Waals surface area contributed by atoms with E-state index in [1.54, 1.807) is 26.8 Å². The van der Waals surface area contributed by atoms with Gasteiger partial charge in [-0.2, -0.15) is 0 Å². The number of nitrogens with one attached hydrogen (secondary N) is 1. The van der Waals surface area contributed by atoms with Gasteiger partial charge < -0.3 is 22.4 Å². The topological polar surface area (TPSA) is 118 Å². The molecule has 10 nitrogen and oxygen atoms in total. The van der Waals surface area contributed by atoms with Gasteiger partial charge in [0.2, 0.25) is 0 Å². The monoisotopic (exact) mass is 610 g/mol. The largest absolute Gasteiger partial charge is 0.454 e. The molecule has 0 radical (unpaired) electrons. The number of carbonyl (C=O) groups excluding carboxylic acids is 1. The molecular weight excluding hydrogens is 560 g/mol. The van der Waals surface area contributed by atoms with Crippen LogP contribution in [-0.2, 0) is 33.0 Å². The first-order valence-electron chi connectivity index (χ1n) is 14.7. The molecule has 41 heavy (non-hydrogen) atoms. The van der Waals surface area contributed by atoms with Crippen LogP contribution in [-0.4, -0.2) is 57.6 Å². The third kappa shape index (κ3) is 6.01. The molecule has 1 N–H and O–H groups in total. The van der Waals surface area contributed by atoms with Gasteiger partial charge in [0.25, 0.3) is 5.56 Å². The summed E-state index contributed by atoms with van der Waals surface area (Å²) in [6.07, 6.45) is 0.530. The fraction of sp³-hybridized carbons (Fsp3) is 0.759.